The molecule has 1 aliphatic heterocycles. The highest BCUT2D eigenvalue weighted by Crippen LogP contribution is 2.35. The van der Waals surface area contributed by atoms with E-state index in [1.165, 1.54) is 11.3 Å². The number of aromatic nitrogens is 1. The molecule has 30 heavy (non-hydrogen) atoms. The van der Waals surface area contributed by atoms with Gasteiger partial charge in [0.2, 0.25) is 5.91 Å². The standard InChI is InChI=1S/C20H20Cl2N4O3S/c21-14-5-3-4-12(16(14)22)10-13-11-23-18(30-13)24-15(27)6-9-26-17(28)20(25-19(26)29)7-1-2-8-20/h3-5,11H,1-2,6-10H2,(H,25,29)(H,23,24,27). The molecular formula is C20H20Cl2N4O3S. The zero-order valence-electron chi connectivity index (χ0n) is 16.0. The average Bonchev–Trinajstić information content (AvgIpc) is 3.40. The minimum absolute atomic E-state index is 0.0181. The van der Waals surface area contributed by atoms with Crippen LogP contribution in [-0.2, 0) is 16.0 Å². The van der Waals surface area contributed by atoms with E-state index >= 15 is 0 Å². The highest BCUT2D eigenvalue weighted by Gasteiger charge is 2.52. The van der Waals surface area contributed by atoms with Crippen molar-refractivity contribution in [3.63, 3.8) is 0 Å². The number of nitrogens with one attached hydrogen (secondary N) is 2. The van der Waals surface area contributed by atoms with Crippen molar-refractivity contribution in [1.29, 1.82) is 0 Å². The van der Waals surface area contributed by atoms with Gasteiger partial charge < -0.3 is 10.6 Å². The molecule has 7 nitrogen and oxygen atoms in total. The Morgan fingerprint density at radius 1 is 1.27 bits per heavy atom. The molecule has 1 aromatic heterocycles. The van der Waals surface area contributed by atoms with E-state index in [9.17, 15) is 14.4 Å². The molecule has 4 rings (SSSR count). The van der Waals surface area contributed by atoms with Gasteiger partial charge in [0.25, 0.3) is 5.91 Å². The number of carbonyl (C=O) groups excluding carboxylic acids is 3. The first kappa shape index (κ1) is 21.1. The molecule has 2 aliphatic rings. The molecule has 10 heteroatoms. The quantitative estimate of drug-likeness (QED) is 0.622. The Hall–Kier alpha value is -2.16. The molecular weight excluding hydrogens is 447 g/mol. The number of carbonyl (C=O) groups is 3. The maximum Gasteiger partial charge on any atom is 0.325 e. The number of halogens is 2. The molecule has 0 bridgehead atoms. The number of hydrogen-bond donors (Lipinski definition) is 2. The van der Waals surface area contributed by atoms with E-state index in [0.717, 1.165) is 28.2 Å². The summed E-state index contributed by atoms with van der Waals surface area (Å²) >= 11 is 13.6. The van der Waals surface area contributed by atoms with Crippen LogP contribution in [0.15, 0.2) is 24.4 Å². The Bertz CT molecular complexity index is 1000. The molecule has 2 heterocycles. The normalized spacial score (nSPS) is 17.6. The monoisotopic (exact) mass is 466 g/mol. The van der Waals surface area contributed by atoms with E-state index in [2.05, 4.69) is 15.6 Å². The second kappa shape index (κ2) is 8.53. The van der Waals surface area contributed by atoms with E-state index in [0.29, 0.717) is 34.4 Å². The fourth-order valence-corrected chi connectivity index (χ4v) is 5.15. The van der Waals surface area contributed by atoms with Gasteiger partial charge in [0.05, 0.1) is 10.0 Å². The topological polar surface area (TPSA) is 91.4 Å². The Labute approximate surface area is 187 Å². The number of anilines is 1. The molecule has 158 valence electrons. The number of urea groups is 1. The van der Waals surface area contributed by atoms with Crippen LogP contribution in [0.25, 0.3) is 0 Å². The van der Waals surface area contributed by atoms with Crippen molar-refractivity contribution < 1.29 is 14.4 Å². The van der Waals surface area contributed by atoms with E-state index in [1.54, 1.807) is 12.3 Å². The first-order chi connectivity index (χ1) is 14.4. The third kappa shape index (κ3) is 4.17. The zero-order chi connectivity index (χ0) is 21.3. The van der Waals surface area contributed by atoms with Gasteiger partial charge in [0.15, 0.2) is 5.13 Å². The van der Waals surface area contributed by atoms with Crippen LogP contribution in [0.3, 0.4) is 0 Å². The Balaban J connectivity index is 1.31. The van der Waals surface area contributed by atoms with Crippen LogP contribution in [0.1, 0.15) is 42.5 Å². The van der Waals surface area contributed by atoms with Crippen molar-refractivity contribution in [3.8, 4) is 0 Å². The van der Waals surface area contributed by atoms with Crippen molar-refractivity contribution in [2.24, 2.45) is 0 Å². The number of hydrogen-bond acceptors (Lipinski definition) is 5. The first-order valence-electron chi connectivity index (χ1n) is 9.69. The van der Waals surface area contributed by atoms with Gasteiger partial charge in [-0.2, -0.15) is 0 Å². The van der Waals surface area contributed by atoms with Crippen molar-refractivity contribution >= 4 is 57.5 Å². The van der Waals surface area contributed by atoms with Crippen LogP contribution in [0, 0.1) is 0 Å². The number of rotatable bonds is 6. The first-order valence-corrected chi connectivity index (χ1v) is 11.3. The molecule has 0 unspecified atom stereocenters. The van der Waals surface area contributed by atoms with E-state index in [1.807, 2.05) is 12.1 Å². The van der Waals surface area contributed by atoms with Crippen molar-refractivity contribution in [2.45, 2.75) is 44.1 Å². The minimum atomic E-state index is -0.751. The predicted octanol–water partition coefficient (Wildman–Crippen LogP) is 4.23. The lowest BCUT2D eigenvalue weighted by Gasteiger charge is -2.19. The van der Waals surface area contributed by atoms with E-state index in [-0.39, 0.29) is 24.8 Å². The lowest BCUT2D eigenvalue weighted by Crippen LogP contribution is -2.44. The zero-order valence-corrected chi connectivity index (χ0v) is 18.4. The Morgan fingerprint density at radius 2 is 2.03 bits per heavy atom. The van der Waals surface area contributed by atoms with Gasteiger partial charge in [0.1, 0.15) is 5.54 Å². The maximum absolute atomic E-state index is 12.6. The van der Waals surface area contributed by atoms with Crippen LogP contribution in [0.2, 0.25) is 10.0 Å². The second-order valence-electron chi connectivity index (χ2n) is 7.50. The molecule has 2 N–H and O–H groups in total. The number of benzene rings is 1. The molecule has 2 fully saturated rings. The van der Waals surface area contributed by atoms with Gasteiger partial charge in [-0.05, 0) is 24.5 Å². The van der Waals surface area contributed by atoms with Crippen LogP contribution < -0.4 is 10.6 Å². The fourth-order valence-electron chi connectivity index (χ4n) is 3.91. The molecule has 1 aliphatic carbocycles. The number of thiazole rings is 1. The maximum atomic E-state index is 12.6. The SMILES string of the molecule is O=C(CCN1C(=O)NC2(CCCC2)C1=O)Nc1ncc(Cc2cccc(Cl)c2Cl)s1. The summed E-state index contributed by atoms with van der Waals surface area (Å²) in [4.78, 5) is 43.4. The van der Waals surface area contributed by atoms with E-state index in [4.69, 9.17) is 23.2 Å². The van der Waals surface area contributed by atoms with Crippen LogP contribution in [0.5, 0.6) is 0 Å². The summed E-state index contributed by atoms with van der Waals surface area (Å²) in [5.74, 6) is -0.516. The summed E-state index contributed by atoms with van der Waals surface area (Å²) in [6.07, 6.45) is 5.43. The molecule has 0 radical (unpaired) electrons. The summed E-state index contributed by atoms with van der Waals surface area (Å²) < 4.78 is 0. The largest absolute Gasteiger partial charge is 0.325 e. The Morgan fingerprint density at radius 3 is 2.80 bits per heavy atom. The van der Waals surface area contributed by atoms with Gasteiger partial charge in [0, 0.05) is 30.5 Å². The Kier molecular flexibility index (Phi) is 5.99. The molecule has 1 spiro atoms. The van der Waals surface area contributed by atoms with Crippen LogP contribution in [-0.4, -0.2) is 39.8 Å². The fraction of sp³-hybridized carbons (Fsp3) is 0.400. The summed E-state index contributed by atoms with van der Waals surface area (Å²) in [5.41, 5.74) is 0.129. The molecule has 4 amide bonds. The van der Waals surface area contributed by atoms with Gasteiger partial charge in [-0.1, -0.05) is 48.2 Å². The number of nitrogens with zero attached hydrogens (tertiary/aromatic N) is 2. The van der Waals surface area contributed by atoms with Crippen molar-refractivity contribution in [1.82, 2.24) is 15.2 Å². The smallest absolute Gasteiger partial charge is 0.323 e. The molecule has 2 aromatic rings. The number of imide groups is 1. The lowest BCUT2D eigenvalue weighted by atomic mass is 9.98. The molecule has 0 atom stereocenters. The van der Waals surface area contributed by atoms with Crippen LogP contribution >= 0.6 is 34.5 Å². The lowest BCUT2D eigenvalue weighted by molar-refractivity contribution is -0.131. The van der Waals surface area contributed by atoms with Crippen molar-refractivity contribution in [3.05, 3.63) is 44.9 Å². The third-order valence-corrected chi connectivity index (χ3v) is 7.23. The summed E-state index contributed by atoms with van der Waals surface area (Å²) in [6, 6.07) is 5.04. The van der Waals surface area contributed by atoms with E-state index < -0.39 is 11.6 Å². The highest BCUT2D eigenvalue weighted by molar-refractivity contribution is 7.15. The van der Waals surface area contributed by atoms with Gasteiger partial charge in [-0.3, -0.25) is 14.5 Å². The third-order valence-electron chi connectivity index (χ3n) is 5.46. The van der Waals surface area contributed by atoms with Gasteiger partial charge in [-0.15, -0.1) is 11.3 Å². The molecule has 1 aromatic carbocycles. The average molecular weight is 467 g/mol. The summed E-state index contributed by atoms with van der Waals surface area (Å²) in [7, 11) is 0. The minimum Gasteiger partial charge on any atom is -0.323 e. The summed E-state index contributed by atoms with van der Waals surface area (Å²) in [5, 5.41) is 7.00. The predicted molar refractivity (Wildman–Crippen MR) is 116 cm³/mol. The van der Waals surface area contributed by atoms with Gasteiger partial charge >= 0.3 is 6.03 Å². The van der Waals surface area contributed by atoms with Crippen LogP contribution in [0.4, 0.5) is 9.93 Å². The number of amides is 4. The highest BCUT2D eigenvalue weighted by atomic mass is 35.5. The van der Waals surface area contributed by atoms with Gasteiger partial charge in [-0.25, -0.2) is 9.78 Å². The molecule has 1 saturated carbocycles. The van der Waals surface area contributed by atoms with Crippen molar-refractivity contribution in [2.75, 3.05) is 11.9 Å². The molecule has 1 saturated heterocycles. The second-order valence-corrected chi connectivity index (χ2v) is 9.40. The summed E-state index contributed by atoms with van der Waals surface area (Å²) in [6.45, 7) is 0.0502.